The van der Waals surface area contributed by atoms with Crippen LogP contribution in [0.15, 0.2) is 30.6 Å². The quantitative estimate of drug-likeness (QED) is 0.659. The van der Waals surface area contributed by atoms with Gasteiger partial charge in [0.15, 0.2) is 5.65 Å². The molecule has 3 rings (SSSR count). The molecule has 0 saturated carbocycles. The van der Waals surface area contributed by atoms with E-state index in [1.54, 1.807) is 10.7 Å². The lowest BCUT2D eigenvalue weighted by molar-refractivity contribution is 0.625. The molecule has 0 radical (unpaired) electrons. The summed E-state index contributed by atoms with van der Waals surface area (Å²) in [5.41, 5.74) is 2.16. The van der Waals surface area contributed by atoms with E-state index in [0.29, 0.717) is 11.3 Å². The van der Waals surface area contributed by atoms with E-state index in [1.165, 1.54) is 37.7 Å². The minimum Gasteiger partial charge on any atom is -0.369 e. The van der Waals surface area contributed by atoms with Crippen molar-refractivity contribution in [3.8, 4) is 5.69 Å². The maximum absolute atomic E-state index is 13.5. The number of nitrogens with zero attached hydrogens (tertiary/aromatic N) is 4. The molecule has 6 heteroatoms. The zero-order chi connectivity index (χ0) is 16.9. The molecule has 0 bridgehead atoms. The van der Waals surface area contributed by atoms with Gasteiger partial charge in [-0.25, -0.2) is 19.0 Å². The van der Waals surface area contributed by atoms with E-state index < -0.39 is 0 Å². The van der Waals surface area contributed by atoms with Crippen LogP contribution in [-0.2, 0) is 0 Å². The summed E-state index contributed by atoms with van der Waals surface area (Å²) in [4.78, 5) is 8.71. The van der Waals surface area contributed by atoms with E-state index in [4.69, 9.17) is 0 Å². The van der Waals surface area contributed by atoms with Crippen molar-refractivity contribution >= 4 is 16.9 Å². The predicted octanol–water partition coefficient (Wildman–Crippen LogP) is 4.26. The van der Waals surface area contributed by atoms with E-state index in [-0.39, 0.29) is 5.82 Å². The van der Waals surface area contributed by atoms with Gasteiger partial charge >= 0.3 is 0 Å². The molecule has 1 N–H and O–H groups in total. The first-order chi connectivity index (χ1) is 11.7. The molecule has 0 saturated heterocycles. The monoisotopic (exact) mass is 327 g/mol. The maximum Gasteiger partial charge on any atom is 0.168 e. The van der Waals surface area contributed by atoms with Crippen LogP contribution in [0.3, 0.4) is 0 Å². The van der Waals surface area contributed by atoms with Gasteiger partial charge in [-0.3, -0.25) is 0 Å². The third kappa shape index (κ3) is 3.37. The smallest absolute Gasteiger partial charge is 0.168 e. The standard InChI is InChI=1S/C18H22FN5/c1-3-4-5-6-10-20-17-16-13(2)23-24(18(16)22-12-21-17)15-9-7-8-14(19)11-15/h7-9,11-12H,3-6,10H2,1-2H3,(H,20,21,22). The number of nitrogens with one attached hydrogen (secondary N) is 1. The number of halogens is 1. The molecule has 0 unspecified atom stereocenters. The van der Waals surface area contributed by atoms with Crippen molar-refractivity contribution in [1.29, 1.82) is 0 Å². The molecular weight excluding hydrogens is 305 g/mol. The van der Waals surface area contributed by atoms with Gasteiger partial charge in [0.25, 0.3) is 0 Å². The zero-order valence-corrected chi connectivity index (χ0v) is 14.1. The number of aromatic nitrogens is 4. The topological polar surface area (TPSA) is 55.6 Å². The van der Waals surface area contributed by atoms with Gasteiger partial charge in [0.2, 0.25) is 0 Å². The van der Waals surface area contributed by atoms with E-state index >= 15 is 0 Å². The number of hydrogen-bond acceptors (Lipinski definition) is 4. The Morgan fingerprint density at radius 2 is 2.04 bits per heavy atom. The van der Waals surface area contributed by atoms with Crippen molar-refractivity contribution in [2.45, 2.75) is 39.5 Å². The number of anilines is 1. The van der Waals surface area contributed by atoms with Crippen molar-refractivity contribution in [3.05, 3.63) is 42.1 Å². The highest BCUT2D eigenvalue weighted by molar-refractivity contribution is 5.90. The van der Waals surface area contributed by atoms with Gasteiger partial charge in [-0.2, -0.15) is 5.10 Å². The van der Waals surface area contributed by atoms with Gasteiger partial charge in [-0.05, 0) is 31.5 Å². The Hall–Kier alpha value is -2.50. The first-order valence-corrected chi connectivity index (χ1v) is 8.41. The highest BCUT2D eigenvalue weighted by Crippen LogP contribution is 2.25. The SMILES string of the molecule is CCCCCCNc1ncnc2c1c(C)nn2-c1cccc(F)c1. The Morgan fingerprint density at radius 3 is 2.83 bits per heavy atom. The van der Waals surface area contributed by atoms with Crippen LogP contribution in [0.5, 0.6) is 0 Å². The molecule has 0 atom stereocenters. The number of benzene rings is 1. The highest BCUT2D eigenvalue weighted by Gasteiger charge is 2.15. The molecular formula is C18H22FN5. The van der Waals surface area contributed by atoms with Crippen LogP contribution in [-0.4, -0.2) is 26.3 Å². The lowest BCUT2D eigenvalue weighted by atomic mass is 10.2. The van der Waals surface area contributed by atoms with Gasteiger partial charge < -0.3 is 5.32 Å². The Bertz CT molecular complexity index is 827. The lowest BCUT2D eigenvalue weighted by Gasteiger charge is -2.07. The summed E-state index contributed by atoms with van der Waals surface area (Å²) in [6.07, 6.45) is 6.30. The van der Waals surface area contributed by atoms with Crippen LogP contribution in [0.2, 0.25) is 0 Å². The summed E-state index contributed by atoms with van der Waals surface area (Å²) in [6.45, 7) is 4.99. The Balaban J connectivity index is 1.90. The number of fused-ring (bicyclic) bond motifs is 1. The van der Waals surface area contributed by atoms with Crippen molar-refractivity contribution in [2.24, 2.45) is 0 Å². The molecule has 0 amide bonds. The molecule has 5 nitrogen and oxygen atoms in total. The third-order valence-electron chi connectivity index (χ3n) is 4.02. The maximum atomic E-state index is 13.5. The normalized spacial score (nSPS) is 11.1. The lowest BCUT2D eigenvalue weighted by Crippen LogP contribution is -2.05. The second-order valence-electron chi connectivity index (χ2n) is 5.89. The van der Waals surface area contributed by atoms with Gasteiger partial charge in [-0.1, -0.05) is 32.3 Å². The molecule has 0 aliphatic carbocycles. The molecule has 3 aromatic rings. The van der Waals surface area contributed by atoms with Crippen LogP contribution < -0.4 is 5.32 Å². The van der Waals surface area contributed by atoms with Crippen LogP contribution in [0, 0.1) is 12.7 Å². The Labute approximate surface area is 140 Å². The molecule has 0 aliphatic heterocycles. The van der Waals surface area contributed by atoms with Crippen molar-refractivity contribution in [3.63, 3.8) is 0 Å². The largest absolute Gasteiger partial charge is 0.369 e. The van der Waals surface area contributed by atoms with E-state index in [1.807, 2.05) is 13.0 Å². The summed E-state index contributed by atoms with van der Waals surface area (Å²) >= 11 is 0. The Kier molecular flexibility index (Phi) is 5.03. The summed E-state index contributed by atoms with van der Waals surface area (Å²) in [6, 6.07) is 6.35. The Morgan fingerprint density at radius 1 is 1.17 bits per heavy atom. The third-order valence-corrected chi connectivity index (χ3v) is 4.02. The molecule has 2 aromatic heterocycles. The minimum atomic E-state index is -0.294. The highest BCUT2D eigenvalue weighted by atomic mass is 19.1. The van der Waals surface area contributed by atoms with Gasteiger partial charge in [0, 0.05) is 6.54 Å². The molecule has 2 heterocycles. The van der Waals surface area contributed by atoms with E-state index in [2.05, 4.69) is 27.3 Å². The number of rotatable bonds is 7. The summed E-state index contributed by atoms with van der Waals surface area (Å²) in [5.74, 6) is 0.494. The van der Waals surface area contributed by atoms with Crippen LogP contribution >= 0.6 is 0 Å². The van der Waals surface area contributed by atoms with Gasteiger partial charge in [0.05, 0.1) is 16.8 Å². The molecule has 1 aromatic carbocycles. The van der Waals surface area contributed by atoms with E-state index in [9.17, 15) is 4.39 Å². The van der Waals surface area contributed by atoms with E-state index in [0.717, 1.165) is 29.9 Å². The fraction of sp³-hybridized carbons (Fsp3) is 0.389. The number of unbranched alkanes of at least 4 members (excludes halogenated alkanes) is 3. The van der Waals surface area contributed by atoms with Gasteiger partial charge in [-0.15, -0.1) is 0 Å². The summed E-state index contributed by atoms with van der Waals surface area (Å²) < 4.78 is 15.2. The predicted molar refractivity (Wildman–Crippen MR) is 94.0 cm³/mol. The van der Waals surface area contributed by atoms with Gasteiger partial charge in [0.1, 0.15) is 18.0 Å². The first-order valence-electron chi connectivity index (χ1n) is 8.41. The molecule has 0 aliphatic rings. The second-order valence-corrected chi connectivity index (χ2v) is 5.89. The molecule has 0 fully saturated rings. The van der Waals surface area contributed by atoms with Crippen LogP contribution in [0.1, 0.15) is 38.3 Å². The summed E-state index contributed by atoms with van der Waals surface area (Å²) in [5, 5.41) is 8.80. The van der Waals surface area contributed by atoms with Crippen LogP contribution in [0.4, 0.5) is 10.2 Å². The summed E-state index contributed by atoms with van der Waals surface area (Å²) in [7, 11) is 0. The fourth-order valence-corrected chi connectivity index (χ4v) is 2.80. The van der Waals surface area contributed by atoms with Crippen molar-refractivity contribution in [2.75, 3.05) is 11.9 Å². The molecule has 126 valence electrons. The minimum absolute atomic E-state index is 0.294. The average molecular weight is 327 g/mol. The molecule has 0 spiro atoms. The van der Waals surface area contributed by atoms with Crippen molar-refractivity contribution < 1.29 is 4.39 Å². The van der Waals surface area contributed by atoms with Crippen molar-refractivity contribution in [1.82, 2.24) is 19.7 Å². The fourth-order valence-electron chi connectivity index (χ4n) is 2.80. The average Bonchev–Trinajstić information content (AvgIpc) is 2.93. The number of hydrogen-bond donors (Lipinski definition) is 1. The first kappa shape index (κ1) is 16.4. The molecule has 24 heavy (non-hydrogen) atoms. The zero-order valence-electron chi connectivity index (χ0n) is 14.1. The number of aryl methyl sites for hydroxylation is 1. The van der Waals surface area contributed by atoms with Crippen LogP contribution in [0.25, 0.3) is 16.7 Å². The second kappa shape index (κ2) is 7.38.